The Hall–Kier alpha value is -2.41. The predicted octanol–water partition coefficient (Wildman–Crippen LogP) is 4.33. The first-order chi connectivity index (χ1) is 14.8. The highest BCUT2D eigenvalue weighted by molar-refractivity contribution is 7.99. The Balaban J connectivity index is 1.87. The maximum absolute atomic E-state index is 13.2. The van der Waals surface area contributed by atoms with Crippen LogP contribution in [0.15, 0.2) is 39.5 Å². The average molecular weight is 446 g/mol. The third-order valence-corrected chi connectivity index (χ3v) is 6.92. The fourth-order valence-electron chi connectivity index (χ4n) is 4.19. The zero-order chi connectivity index (χ0) is 22.6. The Labute approximate surface area is 187 Å². The molecule has 0 bridgehead atoms. The lowest BCUT2D eigenvalue weighted by atomic mass is 9.75. The molecule has 1 aliphatic rings. The van der Waals surface area contributed by atoms with Gasteiger partial charge in [-0.25, -0.2) is 0 Å². The molecule has 6 nitrogen and oxygen atoms in total. The number of methoxy groups -OCH3 is 1. The zero-order valence-corrected chi connectivity index (χ0v) is 19.4. The minimum absolute atomic E-state index is 0.120. The summed E-state index contributed by atoms with van der Waals surface area (Å²) in [6, 6.07) is 8.81. The van der Waals surface area contributed by atoms with E-state index in [-0.39, 0.29) is 35.8 Å². The van der Waals surface area contributed by atoms with E-state index in [2.05, 4.69) is 19.2 Å². The molecule has 1 saturated heterocycles. The van der Waals surface area contributed by atoms with Crippen molar-refractivity contribution >= 4 is 17.7 Å². The molecule has 31 heavy (non-hydrogen) atoms. The largest absolute Gasteiger partial charge is 0.502 e. The van der Waals surface area contributed by atoms with Crippen LogP contribution in [-0.2, 0) is 10.2 Å². The van der Waals surface area contributed by atoms with E-state index in [0.717, 1.165) is 22.8 Å². The van der Waals surface area contributed by atoms with E-state index in [1.807, 2.05) is 36.0 Å². The van der Waals surface area contributed by atoms with Crippen LogP contribution in [0, 0.1) is 12.8 Å². The molecule has 0 saturated carbocycles. The van der Waals surface area contributed by atoms with Gasteiger partial charge in [-0.1, -0.05) is 26.0 Å². The summed E-state index contributed by atoms with van der Waals surface area (Å²) in [5, 5.41) is 13.7. The van der Waals surface area contributed by atoms with Gasteiger partial charge in [0.2, 0.25) is 17.1 Å². The van der Waals surface area contributed by atoms with Gasteiger partial charge in [0.15, 0.2) is 5.76 Å². The number of carbonyl (C=O) groups excluding carboxylic acids is 1. The van der Waals surface area contributed by atoms with Crippen molar-refractivity contribution in [2.75, 3.05) is 18.6 Å². The second-order valence-corrected chi connectivity index (χ2v) is 9.76. The van der Waals surface area contributed by atoms with Crippen molar-refractivity contribution in [1.82, 2.24) is 5.32 Å². The van der Waals surface area contributed by atoms with E-state index in [1.165, 1.54) is 6.07 Å². The van der Waals surface area contributed by atoms with E-state index in [4.69, 9.17) is 9.15 Å². The summed E-state index contributed by atoms with van der Waals surface area (Å²) in [5.74, 6) is 2.83. The number of rotatable bonds is 7. The molecule has 1 aromatic carbocycles. The van der Waals surface area contributed by atoms with Crippen LogP contribution in [-0.4, -0.2) is 29.6 Å². The molecule has 2 heterocycles. The highest BCUT2D eigenvalue weighted by atomic mass is 32.2. The molecule has 1 aliphatic heterocycles. The van der Waals surface area contributed by atoms with Crippen LogP contribution in [0.3, 0.4) is 0 Å². The number of aryl methyl sites for hydroxylation is 1. The number of aromatic hydroxyl groups is 1. The number of nitrogens with one attached hydrogen (secondary N) is 1. The fraction of sp³-hybridized carbons (Fsp3) is 0.500. The predicted molar refractivity (Wildman–Crippen MR) is 123 cm³/mol. The highest BCUT2D eigenvalue weighted by Gasteiger charge is 2.42. The maximum Gasteiger partial charge on any atom is 0.227 e. The Kier molecular flexibility index (Phi) is 7.36. The summed E-state index contributed by atoms with van der Waals surface area (Å²) in [6.07, 6.45) is 1.49. The first-order valence-corrected chi connectivity index (χ1v) is 11.8. The van der Waals surface area contributed by atoms with Crippen LogP contribution in [0.4, 0.5) is 0 Å². The van der Waals surface area contributed by atoms with Crippen molar-refractivity contribution in [2.45, 2.75) is 51.5 Å². The lowest BCUT2D eigenvalue weighted by molar-refractivity contribution is -0.123. The summed E-state index contributed by atoms with van der Waals surface area (Å²) >= 11 is 1.81. The SMILES string of the molecule is COc1ccc(C(NC(=O)CC2(c3oc(C)cc(=O)c3O)CCSCC2)C(C)C)cc1. The molecule has 1 unspecified atom stereocenters. The van der Waals surface area contributed by atoms with Gasteiger partial charge < -0.3 is 19.6 Å². The average Bonchev–Trinajstić information content (AvgIpc) is 2.75. The summed E-state index contributed by atoms with van der Waals surface area (Å²) in [6.45, 7) is 5.81. The van der Waals surface area contributed by atoms with E-state index >= 15 is 0 Å². The standard InChI is InChI=1S/C24H31NO5S/c1-15(2)21(17-5-7-18(29-4)8-6-17)25-20(27)14-24(9-11-31-12-10-24)23-22(28)19(26)13-16(3)30-23/h5-8,13,15,21,28H,9-12,14H2,1-4H3,(H,25,27). The molecular formula is C24H31NO5S. The van der Waals surface area contributed by atoms with Crippen molar-refractivity contribution in [2.24, 2.45) is 5.92 Å². The number of amides is 1. The minimum Gasteiger partial charge on any atom is -0.502 e. The Bertz CT molecular complexity index is 961. The van der Waals surface area contributed by atoms with E-state index in [0.29, 0.717) is 18.6 Å². The van der Waals surface area contributed by atoms with Crippen LogP contribution < -0.4 is 15.5 Å². The monoisotopic (exact) mass is 445 g/mol. The smallest absolute Gasteiger partial charge is 0.227 e. The number of thioether (sulfide) groups is 1. The molecule has 168 valence electrons. The molecule has 0 radical (unpaired) electrons. The lowest BCUT2D eigenvalue weighted by Gasteiger charge is -2.36. The van der Waals surface area contributed by atoms with Gasteiger partial charge in [-0.3, -0.25) is 9.59 Å². The van der Waals surface area contributed by atoms with Crippen molar-refractivity contribution in [3.05, 3.63) is 57.6 Å². The summed E-state index contributed by atoms with van der Waals surface area (Å²) in [4.78, 5) is 25.4. The van der Waals surface area contributed by atoms with Gasteiger partial charge in [-0.2, -0.15) is 11.8 Å². The second-order valence-electron chi connectivity index (χ2n) is 8.53. The minimum atomic E-state index is -0.688. The van der Waals surface area contributed by atoms with Crippen molar-refractivity contribution < 1.29 is 19.1 Å². The second kappa shape index (κ2) is 9.81. The van der Waals surface area contributed by atoms with Gasteiger partial charge >= 0.3 is 0 Å². The number of hydrogen-bond acceptors (Lipinski definition) is 6. The van der Waals surface area contributed by atoms with Crippen LogP contribution in [0.1, 0.15) is 56.2 Å². The zero-order valence-electron chi connectivity index (χ0n) is 18.6. The van der Waals surface area contributed by atoms with Gasteiger partial charge in [-0.15, -0.1) is 0 Å². The van der Waals surface area contributed by atoms with Crippen molar-refractivity contribution in [3.8, 4) is 11.5 Å². The Morgan fingerprint density at radius 1 is 1.26 bits per heavy atom. The number of benzene rings is 1. The topological polar surface area (TPSA) is 88.8 Å². The van der Waals surface area contributed by atoms with Gasteiger partial charge in [0, 0.05) is 17.9 Å². The van der Waals surface area contributed by atoms with E-state index in [9.17, 15) is 14.7 Å². The molecular weight excluding hydrogens is 414 g/mol. The number of hydrogen-bond donors (Lipinski definition) is 2. The quantitative estimate of drug-likeness (QED) is 0.659. The Morgan fingerprint density at radius 3 is 2.48 bits per heavy atom. The molecule has 2 aromatic rings. The van der Waals surface area contributed by atoms with Crippen LogP contribution in [0.2, 0.25) is 0 Å². The van der Waals surface area contributed by atoms with Gasteiger partial charge in [0.25, 0.3) is 0 Å². The summed E-state index contributed by atoms with van der Waals surface area (Å²) in [7, 11) is 1.62. The van der Waals surface area contributed by atoms with Gasteiger partial charge in [-0.05, 0) is 54.9 Å². The van der Waals surface area contributed by atoms with Crippen molar-refractivity contribution in [1.29, 1.82) is 0 Å². The third-order valence-electron chi connectivity index (χ3n) is 5.93. The molecule has 1 aromatic heterocycles. The maximum atomic E-state index is 13.2. The molecule has 1 atom stereocenters. The van der Waals surface area contributed by atoms with Crippen molar-refractivity contribution in [3.63, 3.8) is 0 Å². The third kappa shape index (κ3) is 5.26. The fourth-order valence-corrected chi connectivity index (χ4v) is 5.46. The summed E-state index contributed by atoms with van der Waals surface area (Å²) < 4.78 is 11.1. The first kappa shape index (κ1) is 23.3. The molecule has 0 spiro atoms. The normalized spacial score (nSPS) is 16.7. The number of ether oxygens (including phenoxy) is 1. The van der Waals surface area contributed by atoms with Crippen LogP contribution in [0.25, 0.3) is 0 Å². The molecule has 3 rings (SSSR count). The molecule has 1 amide bonds. The molecule has 1 fully saturated rings. The highest BCUT2D eigenvalue weighted by Crippen LogP contribution is 2.44. The van der Waals surface area contributed by atoms with Crippen LogP contribution >= 0.6 is 11.8 Å². The lowest BCUT2D eigenvalue weighted by Crippen LogP contribution is -2.40. The first-order valence-electron chi connectivity index (χ1n) is 10.6. The van der Waals surface area contributed by atoms with Crippen LogP contribution in [0.5, 0.6) is 11.5 Å². The van der Waals surface area contributed by atoms with E-state index in [1.54, 1.807) is 14.0 Å². The molecule has 7 heteroatoms. The Morgan fingerprint density at radius 2 is 1.90 bits per heavy atom. The number of carbonyl (C=O) groups is 1. The summed E-state index contributed by atoms with van der Waals surface area (Å²) in [5.41, 5.74) is -0.149. The van der Waals surface area contributed by atoms with Gasteiger partial charge in [0.1, 0.15) is 11.5 Å². The van der Waals surface area contributed by atoms with Gasteiger partial charge in [0.05, 0.1) is 13.2 Å². The molecule has 0 aliphatic carbocycles. The van der Waals surface area contributed by atoms with E-state index < -0.39 is 10.8 Å². The molecule has 2 N–H and O–H groups in total.